The molecular weight excluding hydrogens is 491 g/mol. The van der Waals surface area contributed by atoms with E-state index in [1.165, 1.54) is 23.6 Å². The normalized spacial score (nSPS) is 12.0. The first-order valence-electron chi connectivity index (χ1n) is 9.14. The fourth-order valence-corrected chi connectivity index (χ4v) is 4.48. The molecule has 2 heterocycles. The van der Waals surface area contributed by atoms with E-state index in [4.69, 9.17) is 0 Å². The second-order valence-electron chi connectivity index (χ2n) is 6.73. The fourth-order valence-electron chi connectivity index (χ4n) is 3.20. The molecule has 0 aliphatic rings. The Bertz CT molecular complexity index is 1280. The molecule has 0 saturated heterocycles. The van der Waals surface area contributed by atoms with E-state index in [-0.39, 0.29) is 12.5 Å². The van der Waals surface area contributed by atoms with Crippen LogP contribution in [0, 0.1) is 0 Å². The first-order valence-corrected chi connectivity index (χ1v) is 10.7. The van der Waals surface area contributed by atoms with Gasteiger partial charge in [-0.2, -0.15) is 18.3 Å². The highest BCUT2D eigenvalue weighted by molar-refractivity contribution is 9.11. The van der Waals surface area contributed by atoms with Crippen molar-refractivity contribution in [1.82, 2.24) is 9.99 Å². The van der Waals surface area contributed by atoms with Gasteiger partial charge in [0, 0.05) is 29.2 Å². The van der Waals surface area contributed by atoms with Crippen LogP contribution in [0.25, 0.3) is 10.9 Å². The van der Waals surface area contributed by atoms with Crippen LogP contribution in [0.4, 0.5) is 13.2 Å². The van der Waals surface area contributed by atoms with E-state index in [2.05, 4.69) is 26.5 Å². The number of rotatable bonds is 5. The molecule has 4 nitrogen and oxygen atoms in total. The molecule has 0 saturated carbocycles. The topological polar surface area (TPSA) is 46.4 Å². The van der Waals surface area contributed by atoms with Crippen molar-refractivity contribution in [3.05, 3.63) is 92.2 Å². The minimum atomic E-state index is -4.39. The van der Waals surface area contributed by atoms with Gasteiger partial charge in [-0.1, -0.05) is 30.3 Å². The lowest BCUT2D eigenvalue weighted by atomic mass is 10.1. The lowest BCUT2D eigenvalue weighted by Gasteiger charge is -2.10. The molecule has 0 atom stereocenters. The summed E-state index contributed by atoms with van der Waals surface area (Å²) < 4.78 is 41.8. The lowest BCUT2D eigenvalue weighted by Crippen LogP contribution is -2.16. The number of benzene rings is 2. The van der Waals surface area contributed by atoms with Crippen LogP contribution >= 0.6 is 27.3 Å². The standard InChI is InChI=1S/C22H15BrF3N3OS/c23-20-9-8-19(31-20)21(30)28-27-11-15-13-29(18-7-2-1-6-17(15)18)12-14-4-3-5-16(10-14)22(24,25)26/h1-11,13H,12H2,(H,28,30). The summed E-state index contributed by atoms with van der Waals surface area (Å²) in [5.74, 6) is -0.320. The van der Waals surface area contributed by atoms with Gasteiger partial charge in [0.05, 0.1) is 20.4 Å². The van der Waals surface area contributed by atoms with Gasteiger partial charge in [-0.25, -0.2) is 5.43 Å². The monoisotopic (exact) mass is 505 g/mol. The number of carbonyl (C=O) groups is 1. The molecule has 2 aromatic heterocycles. The average Bonchev–Trinajstić information content (AvgIpc) is 3.32. The number of para-hydroxylation sites is 1. The van der Waals surface area contributed by atoms with Crippen LogP contribution in [0.15, 0.2) is 75.7 Å². The maximum Gasteiger partial charge on any atom is 0.416 e. The number of carbonyl (C=O) groups excluding carboxylic acids is 1. The van der Waals surface area contributed by atoms with Gasteiger partial charge in [-0.05, 0) is 51.8 Å². The molecule has 158 valence electrons. The van der Waals surface area contributed by atoms with Crippen molar-refractivity contribution in [1.29, 1.82) is 0 Å². The molecule has 4 aromatic rings. The number of nitrogens with one attached hydrogen (secondary N) is 1. The van der Waals surface area contributed by atoms with Gasteiger partial charge in [0.15, 0.2) is 0 Å². The van der Waals surface area contributed by atoms with E-state index in [9.17, 15) is 18.0 Å². The Kier molecular flexibility index (Phi) is 5.97. The Hall–Kier alpha value is -2.91. The molecule has 0 spiro atoms. The number of halogens is 4. The number of aromatic nitrogens is 1. The summed E-state index contributed by atoms with van der Waals surface area (Å²) in [4.78, 5) is 12.7. The number of fused-ring (bicyclic) bond motifs is 1. The zero-order valence-corrected chi connectivity index (χ0v) is 18.3. The largest absolute Gasteiger partial charge is 0.416 e. The fraction of sp³-hybridized carbons (Fsp3) is 0.0909. The minimum absolute atomic E-state index is 0.272. The van der Waals surface area contributed by atoms with Crippen LogP contribution in [-0.4, -0.2) is 16.7 Å². The quantitative estimate of drug-likeness (QED) is 0.251. The first-order chi connectivity index (χ1) is 14.8. The molecule has 1 N–H and O–H groups in total. The SMILES string of the molecule is O=C(NN=Cc1cn(Cc2cccc(C(F)(F)F)c2)c2ccccc12)c1ccc(Br)s1. The van der Waals surface area contributed by atoms with Gasteiger partial charge in [-0.3, -0.25) is 4.79 Å². The zero-order chi connectivity index (χ0) is 22.0. The van der Waals surface area contributed by atoms with Crippen LogP contribution < -0.4 is 5.43 Å². The second-order valence-corrected chi connectivity index (χ2v) is 9.19. The number of nitrogens with zero attached hydrogens (tertiary/aromatic N) is 2. The third-order valence-electron chi connectivity index (χ3n) is 4.59. The van der Waals surface area contributed by atoms with Crippen LogP contribution in [0.5, 0.6) is 0 Å². The van der Waals surface area contributed by atoms with Gasteiger partial charge in [0.25, 0.3) is 5.91 Å². The van der Waals surface area contributed by atoms with Gasteiger partial charge in [-0.15, -0.1) is 11.3 Å². The van der Waals surface area contributed by atoms with Gasteiger partial charge in [0.2, 0.25) is 0 Å². The van der Waals surface area contributed by atoms with Crippen LogP contribution in [-0.2, 0) is 12.7 Å². The summed E-state index contributed by atoms with van der Waals surface area (Å²) in [7, 11) is 0. The molecule has 2 aromatic carbocycles. The molecule has 0 aliphatic heterocycles. The van der Waals surface area contributed by atoms with E-state index in [0.29, 0.717) is 10.4 Å². The molecule has 0 unspecified atom stereocenters. The van der Waals surface area contributed by atoms with Crippen LogP contribution in [0.3, 0.4) is 0 Å². The van der Waals surface area contributed by atoms with Crippen molar-refractivity contribution in [2.45, 2.75) is 12.7 Å². The van der Waals surface area contributed by atoms with E-state index < -0.39 is 11.7 Å². The predicted molar refractivity (Wildman–Crippen MR) is 120 cm³/mol. The number of alkyl halides is 3. The number of hydrogen-bond acceptors (Lipinski definition) is 3. The second kappa shape index (κ2) is 8.68. The van der Waals surface area contributed by atoms with Crippen molar-refractivity contribution in [3.63, 3.8) is 0 Å². The van der Waals surface area contributed by atoms with Crippen molar-refractivity contribution in [3.8, 4) is 0 Å². The summed E-state index contributed by atoms with van der Waals surface area (Å²) in [6, 6.07) is 16.3. The van der Waals surface area contributed by atoms with Crippen molar-refractivity contribution in [2.75, 3.05) is 0 Å². The van der Waals surface area contributed by atoms with E-state index in [1.807, 2.05) is 35.0 Å². The number of amides is 1. The number of thiophene rings is 1. The summed E-state index contributed by atoms with van der Waals surface area (Å²) >= 11 is 4.61. The Balaban J connectivity index is 1.58. The smallest absolute Gasteiger partial charge is 0.342 e. The van der Waals surface area contributed by atoms with Crippen LogP contribution in [0.1, 0.15) is 26.4 Å². The van der Waals surface area contributed by atoms with Gasteiger partial charge in [0.1, 0.15) is 0 Å². The molecule has 31 heavy (non-hydrogen) atoms. The Labute approximate surface area is 188 Å². The Morgan fingerprint density at radius 1 is 1.13 bits per heavy atom. The van der Waals surface area contributed by atoms with Crippen molar-refractivity contribution < 1.29 is 18.0 Å². The highest BCUT2D eigenvalue weighted by Gasteiger charge is 2.30. The third kappa shape index (κ3) is 4.88. The zero-order valence-electron chi connectivity index (χ0n) is 15.9. The molecule has 9 heteroatoms. The minimum Gasteiger partial charge on any atom is -0.342 e. The maximum atomic E-state index is 13.0. The average molecular weight is 506 g/mol. The van der Waals surface area contributed by atoms with E-state index in [1.54, 1.807) is 18.2 Å². The molecule has 0 radical (unpaired) electrons. The highest BCUT2D eigenvalue weighted by atomic mass is 79.9. The third-order valence-corrected chi connectivity index (χ3v) is 6.22. The molecular formula is C22H15BrF3N3OS. The highest BCUT2D eigenvalue weighted by Crippen LogP contribution is 2.30. The summed E-state index contributed by atoms with van der Waals surface area (Å²) in [5, 5.41) is 4.93. The number of hydrazone groups is 1. The predicted octanol–water partition coefficient (Wildman–Crippen LogP) is 6.30. The molecule has 0 bridgehead atoms. The lowest BCUT2D eigenvalue weighted by molar-refractivity contribution is -0.137. The van der Waals surface area contributed by atoms with E-state index in [0.717, 1.165) is 32.4 Å². The van der Waals surface area contributed by atoms with Gasteiger partial charge >= 0.3 is 6.18 Å². The first kappa shape index (κ1) is 21.3. The molecule has 1 amide bonds. The molecule has 4 rings (SSSR count). The Morgan fingerprint density at radius 3 is 2.68 bits per heavy atom. The Morgan fingerprint density at radius 2 is 1.94 bits per heavy atom. The summed E-state index contributed by atoms with van der Waals surface area (Å²) in [6.07, 6.45) is -1.04. The number of hydrogen-bond donors (Lipinski definition) is 1. The molecule has 0 fully saturated rings. The van der Waals surface area contributed by atoms with Crippen LogP contribution in [0.2, 0.25) is 0 Å². The van der Waals surface area contributed by atoms with E-state index >= 15 is 0 Å². The van der Waals surface area contributed by atoms with Crippen molar-refractivity contribution in [2.24, 2.45) is 5.10 Å². The van der Waals surface area contributed by atoms with Crippen molar-refractivity contribution >= 4 is 50.3 Å². The maximum absolute atomic E-state index is 13.0. The summed E-state index contributed by atoms with van der Waals surface area (Å²) in [6.45, 7) is 0.272. The molecule has 0 aliphatic carbocycles. The summed E-state index contributed by atoms with van der Waals surface area (Å²) in [5.41, 5.74) is 3.96. The van der Waals surface area contributed by atoms with Gasteiger partial charge < -0.3 is 4.57 Å².